The first-order chi connectivity index (χ1) is 11.9. The number of halogens is 3. The molecule has 1 aliphatic heterocycles. The number of likely N-dealkylation sites (tertiary alicyclic amines) is 1. The number of nitrogens with zero attached hydrogens (tertiary/aromatic N) is 1. The summed E-state index contributed by atoms with van der Waals surface area (Å²) in [5.41, 5.74) is -0.226. The zero-order valence-corrected chi connectivity index (χ0v) is 13.5. The average molecular weight is 353 g/mol. The summed E-state index contributed by atoms with van der Waals surface area (Å²) in [6.45, 7) is 1.10. The number of benzene rings is 1. The van der Waals surface area contributed by atoms with E-state index >= 15 is 0 Å². The highest BCUT2D eigenvalue weighted by Gasteiger charge is 2.30. The van der Waals surface area contributed by atoms with E-state index in [4.69, 9.17) is 9.15 Å². The maximum atomic E-state index is 12.7. The van der Waals surface area contributed by atoms with Gasteiger partial charge >= 0.3 is 6.18 Å². The fraction of sp³-hybridized carbons (Fsp3) is 0.389. The molecular weight excluding hydrogens is 335 g/mol. The summed E-state index contributed by atoms with van der Waals surface area (Å²) in [5, 5.41) is 0. The molecule has 4 nitrogen and oxygen atoms in total. The van der Waals surface area contributed by atoms with Crippen LogP contribution in [0.15, 0.2) is 47.1 Å². The molecule has 1 fully saturated rings. The van der Waals surface area contributed by atoms with Crippen LogP contribution in [0.3, 0.4) is 0 Å². The summed E-state index contributed by atoms with van der Waals surface area (Å²) >= 11 is 0. The fourth-order valence-electron chi connectivity index (χ4n) is 2.87. The Morgan fingerprint density at radius 2 is 2.12 bits per heavy atom. The highest BCUT2D eigenvalue weighted by atomic mass is 19.4. The molecule has 1 atom stereocenters. The molecule has 0 bridgehead atoms. The first-order valence-corrected chi connectivity index (χ1v) is 8.04. The van der Waals surface area contributed by atoms with Crippen molar-refractivity contribution in [2.24, 2.45) is 0 Å². The molecule has 2 aromatic rings. The van der Waals surface area contributed by atoms with E-state index in [1.165, 1.54) is 12.3 Å². The predicted molar refractivity (Wildman–Crippen MR) is 83.9 cm³/mol. The van der Waals surface area contributed by atoms with Crippen LogP contribution in [0.1, 0.15) is 34.5 Å². The van der Waals surface area contributed by atoms with Crippen molar-refractivity contribution in [2.45, 2.75) is 31.7 Å². The van der Waals surface area contributed by atoms with Gasteiger partial charge in [-0.2, -0.15) is 13.2 Å². The summed E-state index contributed by atoms with van der Waals surface area (Å²) in [6, 6.07) is 8.36. The van der Waals surface area contributed by atoms with Crippen molar-refractivity contribution in [1.82, 2.24) is 4.90 Å². The Morgan fingerprint density at radius 1 is 1.28 bits per heavy atom. The van der Waals surface area contributed by atoms with Gasteiger partial charge in [0.2, 0.25) is 0 Å². The normalized spacial score (nSPS) is 18.4. The fourth-order valence-corrected chi connectivity index (χ4v) is 2.87. The molecule has 1 aromatic heterocycles. The Hall–Kier alpha value is -2.28. The molecule has 1 saturated heterocycles. The summed E-state index contributed by atoms with van der Waals surface area (Å²) in [4.78, 5) is 13.9. The van der Waals surface area contributed by atoms with Crippen LogP contribution in [0.25, 0.3) is 0 Å². The molecule has 0 saturated carbocycles. The maximum Gasteiger partial charge on any atom is 0.416 e. The number of hydrogen-bond donors (Lipinski definition) is 0. The van der Waals surface area contributed by atoms with E-state index < -0.39 is 11.7 Å². The molecule has 1 aromatic carbocycles. The van der Waals surface area contributed by atoms with Crippen molar-refractivity contribution >= 4 is 5.91 Å². The van der Waals surface area contributed by atoms with E-state index in [9.17, 15) is 18.0 Å². The summed E-state index contributed by atoms with van der Waals surface area (Å²) in [5.74, 6) is 0.0795. The van der Waals surface area contributed by atoms with Crippen LogP contribution in [0, 0.1) is 0 Å². The highest BCUT2D eigenvalue weighted by molar-refractivity contribution is 5.91. The van der Waals surface area contributed by atoms with E-state index in [1.807, 2.05) is 0 Å². The average Bonchev–Trinajstić information content (AvgIpc) is 3.14. The van der Waals surface area contributed by atoms with Gasteiger partial charge in [0.25, 0.3) is 5.91 Å². The summed E-state index contributed by atoms with van der Waals surface area (Å²) in [7, 11) is 0. The number of carbonyl (C=O) groups excluding carboxylic acids is 1. The second kappa shape index (κ2) is 7.31. The number of hydrogen-bond acceptors (Lipinski definition) is 3. The molecule has 25 heavy (non-hydrogen) atoms. The second-order valence-electron chi connectivity index (χ2n) is 6.00. The monoisotopic (exact) mass is 353 g/mol. The third-order valence-corrected chi connectivity index (χ3v) is 4.14. The largest absolute Gasteiger partial charge is 0.459 e. The molecule has 134 valence electrons. The number of carbonyl (C=O) groups is 1. The zero-order chi connectivity index (χ0) is 17.9. The lowest BCUT2D eigenvalue weighted by molar-refractivity contribution is -0.137. The lowest BCUT2D eigenvalue weighted by atomic mass is 10.1. The lowest BCUT2D eigenvalue weighted by Crippen LogP contribution is -2.43. The van der Waals surface area contributed by atoms with Gasteiger partial charge in [-0.05, 0) is 42.7 Å². The van der Waals surface area contributed by atoms with Crippen molar-refractivity contribution in [3.8, 4) is 0 Å². The van der Waals surface area contributed by atoms with Crippen LogP contribution in [-0.4, -0.2) is 30.0 Å². The Labute approximate surface area is 143 Å². The molecule has 3 rings (SSSR count). The van der Waals surface area contributed by atoms with Gasteiger partial charge in [0.05, 0.1) is 24.5 Å². The minimum Gasteiger partial charge on any atom is -0.459 e. The Balaban J connectivity index is 1.57. The standard InChI is InChI=1S/C18H18F3NO3/c19-18(20,21)14-5-1-4-13(10-14)12-25-15-6-2-8-22(11-15)17(23)16-7-3-9-24-16/h1,3-5,7,9-10,15H,2,6,8,11-12H2. The van der Waals surface area contributed by atoms with Crippen LogP contribution in [-0.2, 0) is 17.5 Å². The smallest absolute Gasteiger partial charge is 0.416 e. The van der Waals surface area contributed by atoms with Gasteiger partial charge < -0.3 is 14.1 Å². The summed E-state index contributed by atoms with van der Waals surface area (Å²) in [6.07, 6.45) is -1.59. The Morgan fingerprint density at radius 3 is 2.84 bits per heavy atom. The molecule has 0 aliphatic carbocycles. The quantitative estimate of drug-likeness (QED) is 0.830. The van der Waals surface area contributed by atoms with E-state index in [0.717, 1.165) is 25.0 Å². The summed E-state index contributed by atoms with van der Waals surface area (Å²) < 4.78 is 49.1. The SMILES string of the molecule is O=C(c1ccco1)N1CCCC(OCc2cccc(C(F)(F)F)c2)C1. The molecule has 0 N–H and O–H groups in total. The van der Waals surface area contributed by atoms with E-state index in [0.29, 0.717) is 18.7 Å². The van der Waals surface area contributed by atoms with Gasteiger partial charge in [-0.25, -0.2) is 0 Å². The van der Waals surface area contributed by atoms with Crippen molar-refractivity contribution in [1.29, 1.82) is 0 Å². The van der Waals surface area contributed by atoms with Gasteiger partial charge in [0, 0.05) is 13.1 Å². The van der Waals surface area contributed by atoms with E-state index in [1.54, 1.807) is 23.1 Å². The van der Waals surface area contributed by atoms with Crippen molar-refractivity contribution in [2.75, 3.05) is 13.1 Å². The number of amides is 1. The molecule has 1 unspecified atom stereocenters. The van der Waals surface area contributed by atoms with Crippen molar-refractivity contribution in [3.63, 3.8) is 0 Å². The molecule has 1 amide bonds. The van der Waals surface area contributed by atoms with Crippen LogP contribution in [0.2, 0.25) is 0 Å². The number of rotatable bonds is 4. The first kappa shape index (κ1) is 17.5. The molecule has 0 radical (unpaired) electrons. The highest BCUT2D eigenvalue weighted by Crippen LogP contribution is 2.29. The maximum absolute atomic E-state index is 12.7. The van der Waals surface area contributed by atoms with Gasteiger partial charge in [-0.1, -0.05) is 12.1 Å². The van der Waals surface area contributed by atoms with Crippen LogP contribution in [0.5, 0.6) is 0 Å². The van der Waals surface area contributed by atoms with Crippen molar-refractivity contribution in [3.05, 3.63) is 59.5 Å². The number of piperidine rings is 1. The first-order valence-electron chi connectivity index (χ1n) is 8.04. The van der Waals surface area contributed by atoms with Crippen molar-refractivity contribution < 1.29 is 27.1 Å². The zero-order valence-electron chi connectivity index (χ0n) is 13.5. The van der Waals surface area contributed by atoms with Gasteiger partial charge in [-0.15, -0.1) is 0 Å². The topological polar surface area (TPSA) is 42.7 Å². The minimum absolute atomic E-state index is 0.0807. The third kappa shape index (κ3) is 4.42. The van der Waals surface area contributed by atoms with Gasteiger partial charge in [0.1, 0.15) is 0 Å². The Bertz CT molecular complexity index is 713. The molecule has 2 heterocycles. The van der Waals surface area contributed by atoms with E-state index in [2.05, 4.69) is 0 Å². The lowest BCUT2D eigenvalue weighted by Gasteiger charge is -2.32. The second-order valence-corrected chi connectivity index (χ2v) is 6.00. The molecule has 0 spiro atoms. The van der Waals surface area contributed by atoms with Crippen LogP contribution in [0.4, 0.5) is 13.2 Å². The van der Waals surface area contributed by atoms with Crippen LogP contribution >= 0.6 is 0 Å². The minimum atomic E-state index is -4.37. The predicted octanol–water partition coefficient (Wildman–Crippen LogP) is 4.12. The van der Waals surface area contributed by atoms with Gasteiger partial charge in [-0.3, -0.25) is 4.79 Å². The number of alkyl halides is 3. The van der Waals surface area contributed by atoms with Gasteiger partial charge in [0.15, 0.2) is 5.76 Å². The molecular formula is C18H18F3NO3. The Kier molecular flexibility index (Phi) is 5.13. The van der Waals surface area contributed by atoms with E-state index in [-0.39, 0.29) is 24.4 Å². The number of furan rings is 1. The molecule has 1 aliphatic rings. The molecule has 7 heteroatoms. The number of ether oxygens (including phenoxy) is 1. The third-order valence-electron chi connectivity index (χ3n) is 4.14. The van der Waals surface area contributed by atoms with Crippen LogP contribution < -0.4 is 0 Å².